The van der Waals surface area contributed by atoms with E-state index in [1.54, 1.807) is 18.0 Å². The number of carbonyl (C=O) groups is 1. The van der Waals surface area contributed by atoms with Crippen LogP contribution in [-0.4, -0.2) is 25.4 Å². The van der Waals surface area contributed by atoms with Gasteiger partial charge in [0.2, 0.25) is 5.91 Å². The SMILES string of the molecule is CNc1ccc(F)cc1N1CC(CCl)CC1=O. The molecule has 0 aliphatic carbocycles. The molecule has 0 spiro atoms. The molecule has 1 heterocycles. The molecule has 1 N–H and O–H groups in total. The fourth-order valence-corrected chi connectivity index (χ4v) is 2.26. The van der Waals surface area contributed by atoms with E-state index in [9.17, 15) is 9.18 Å². The predicted molar refractivity (Wildman–Crippen MR) is 67.1 cm³/mol. The summed E-state index contributed by atoms with van der Waals surface area (Å²) in [5.41, 5.74) is 1.33. The van der Waals surface area contributed by atoms with Crippen LogP contribution in [0.1, 0.15) is 6.42 Å². The van der Waals surface area contributed by atoms with Gasteiger partial charge in [-0.1, -0.05) is 0 Å². The Morgan fingerprint density at radius 3 is 2.94 bits per heavy atom. The monoisotopic (exact) mass is 256 g/mol. The second kappa shape index (κ2) is 4.92. The Hall–Kier alpha value is -1.29. The van der Waals surface area contributed by atoms with Crippen molar-refractivity contribution in [3.05, 3.63) is 24.0 Å². The third kappa shape index (κ3) is 2.36. The highest BCUT2D eigenvalue weighted by Crippen LogP contribution is 2.32. The molecule has 1 unspecified atom stereocenters. The highest BCUT2D eigenvalue weighted by Gasteiger charge is 2.31. The largest absolute Gasteiger partial charge is 0.386 e. The van der Waals surface area contributed by atoms with Crippen molar-refractivity contribution in [1.82, 2.24) is 0 Å². The van der Waals surface area contributed by atoms with Crippen LogP contribution in [0.15, 0.2) is 18.2 Å². The van der Waals surface area contributed by atoms with Crippen LogP contribution >= 0.6 is 11.6 Å². The molecule has 1 aliphatic rings. The van der Waals surface area contributed by atoms with Crippen LogP contribution in [-0.2, 0) is 4.79 Å². The van der Waals surface area contributed by atoms with E-state index >= 15 is 0 Å². The Labute approximate surface area is 105 Å². The highest BCUT2D eigenvalue weighted by molar-refractivity contribution is 6.18. The minimum Gasteiger partial charge on any atom is -0.386 e. The fourth-order valence-electron chi connectivity index (χ4n) is 2.06. The van der Waals surface area contributed by atoms with Gasteiger partial charge in [0, 0.05) is 25.9 Å². The van der Waals surface area contributed by atoms with Crippen LogP contribution in [0.25, 0.3) is 0 Å². The first-order valence-electron chi connectivity index (χ1n) is 5.49. The van der Waals surface area contributed by atoms with E-state index in [0.29, 0.717) is 24.5 Å². The zero-order chi connectivity index (χ0) is 12.4. The fraction of sp³-hybridized carbons (Fsp3) is 0.417. The molecule has 1 amide bonds. The second-order valence-corrected chi connectivity index (χ2v) is 4.45. The van der Waals surface area contributed by atoms with Gasteiger partial charge in [0.25, 0.3) is 0 Å². The van der Waals surface area contributed by atoms with Crippen molar-refractivity contribution in [2.24, 2.45) is 5.92 Å². The summed E-state index contributed by atoms with van der Waals surface area (Å²) in [6, 6.07) is 4.38. The lowest BCUT2D eigenvalue weighted by atomic mass is 10.1. The van der Waals surface area contributed by atoms with E-state index in [1.807, 2.05) is 0 Å². The first-order chi connectivity index (χ1) is 8.15. The van der Waals surface area contributed by atoms with Gasteiger partial charge >= 0.3 is 0 Å². The molecule has 17 heavy (non-hydrogen) atoms. The van der Waals surface area contributed by atoms with Gasteiger partial charge in [0.15, 0.2) is 0 Å². The predicted octanol–water partition coefficient (Wildman–Crippen LogP) is 2.46. The van der Waals surface area contributed by atoms with Crippen molar-refractivity contribution in [2.45, 2.75) is 6.42 Å². The van der Waals surface area contributed by atoms with Crippen LogP contribution in [0.4, 0.5) is 15.8 Å². The van der Waals surface area contributed by atoms with Gasteiger partial charge in [-0.25, -0.2) is 4.39 Å². The smallest absolute Gasteiger partial charge is 0.227 e. The molecule has 92 valence electrons. The lowest BCUT2D eigenvalue weighted by Crippen LogP contribution is -2.25. The average molecular weight is 257 g/mol. The third-order valence-corrected chi connectivity index (χ3v) is 3.38. The molecular formula is C12H14ClFN2O. The minimum absolute atomic E-state index is 0.00208. The Kier molecular flexibility index (Phi) is 3.52. The molecule has 1 atom stereocenters. The van der Waals surface area contributed by atoms with Crippen molar-refractivity contribution in [3.63, 3.8) is 0 Å². The van der Waals surface area contributed by atoms with E-state index in [2.05, 4.69) is 5.32 Å². The van der Waals surface area contributed by atoms with E-state index in [1.165, 1.54) is 12.1 Å². The molecule has 5 heteroatoms. The van der Waals surface area contributed by atoms with Crippen LogP contribution in [0.2, 0.25) is 0 Å². The maximum absolute atomic E-state index is 13.3. The second-order valence-electron chi connectivity index (χ2n) is 4.14. The normalized spacial score (nSPS) is 19.8. The van der Waals surface area contributed by atoms with Gasteiger partial charge in [-0.3, -0.25) is 4.79 Å². The number of hydrogen-bond acceptors (Lipinski definition) is 2. The molecule has 0 aromatic heterocycles. The number of amides is 1. The lowest BCUT2D eigenvalue weighted by Gasteiger charge is -2.20. The van der Waals surface area contributed by atoms with Gasteiger partial charge in [0.1, 0.15) is 5.82 Å². The zero-order valence-electron chi connectivity index (χ0n) is 9.54. The first kappa shape index (κ1) is 12.2. The third-order valence-electron chi connectivity index (χ3n) is 2.94. The van der Waals surface area contributed by atoms with Gasteiger partial charge in [-0.15, -0.1) is 11.6 Å². The highest BCUT2D eigenvalue weighted by atomic mass is 35.5. The summed E-state index contributed by atoms with van der Waals surface area (Å²) >= 11 is 5.76. The number of benzene rings is 1. The van der Waals surface area contributed by atoms with Gasteiger partial charge in [0.05, 0.1) is 11.4 Å². The quantitative estimate of drug-likeness (QED) is 0.843. The van der Waals surface area contributed by atoms with Crippen LogP contribution in [0.3, 0.4) is 0 Å². The summed E-state index contributed by atoms with van der Waals surface area (Å²) in [5.74, 6) is 0.253. The summed E-state index contributed by atoms with van der Waals surface area (Å²) < 4.78 is 13.3. The van der Waals surface area contributed by atoms with Crippen LogP contribution in [0.5, 0.6) is 0 Å². The average Bonchev–Trinajstić information content (AvgIpc) is 2.70. The molecule has 2 rings (SSSR count). The van der Waals surface area contributed by atoms with Crippen molar-refractivity contribution >= 4 is 28.9 Å². The van der Waals surface area contributed by atoms with Crippen molar-refractivity contribution in [1.29, 1.82) is 0 Å². The summed E-state index contributed by atoms with van der Waals surface area (Å²) in [5, 5.41) is 2.96. The maximum Gasteiger partial charge on any atom is 0.227 e. The minimum atomic E-state index is -0.346. The number of carbonyl (C=O) groups excluding carboxylic acids is 1. The van der Waals surface area contributed by atoms with E-state index < -0.39 is 0 Å². The number of nitrogens with one attached hydrogen (secondary N) is 1. The number of anilines is 2. The molecular weight excluding hydrogens is 243 g/mol. The summed E-state index contributed by atoms with van der Waals surface area (Å²) in [6.45, 7) is 0.556. The molecule has 1 fully saturated rings. The Balaban J connectivity index is 2.33. The first-order valence-corrected chi connectivity index (χ1v) is 6.02. The van der Waals surface area contributed by atoms with Crippen LogP contribution in [0, 0.1) is 11.7 Å². The molecule has 3 nitrogen and oxygen atoms in total. The van der Waals surface area contributed by atoms with Crippen molar-refractivity contribution < 1.29 is 9.18 Å². The van der Waals surface area contributed by atoms with Gasteiger partial charge < -0.3 is 10.2 Å². The Bertz CT molecular complexity index is 439. The molecule has 1 saturated heterocycles. The summed E-state index contributed by atoms with van der Waals surface area (Å²) in [6.07, 6.45) is 0.434. The van der Waals surface area contributed by atoms with Gasteiger partial charge in [-0.2, -0.15) is 0 Å². The van der Waals surface area contributed by atoms with Gasteiger partial charge in [-0.05, 0) is 24.1 Å². The standard InChI is InChI=1S/C12H14ClFN2O/c1-15-10-3-2-9(14)5-11(10)16-7-8(6-13)4-12(16)17/h2-3,5,8,15H,4,6-7H2,1H3. The number of hydrogen-bond donors (Lipinski definition) is 1. The van der Waals surface area contributed by atoms with Crippen molar-refractivity contribution in [3.8, 4) is 0 Å². The molecule has 1 aliphatic heterocycles. The lowest BCUT2D eigenvalue weighted by molar-refractivity contribution is -0.117. The molecule has 0 bridgehead atoms. The molecule has 1 aromatic carbocycles. The Morgan fingerprint density at radius 1 is 1.59 bits per heavy atom. The molecule has 0 radical (unpaired) electrons. The summed E-state index contributed by atoms with van der Waals surface area (Å²) in [4.78, 5) is 13.4. The van der Waals surface area contributed by atoms with Crippen molar-refractivity contribution in [2.75, 3.05) is 29.7 Å². The Morgan fingerprint density at radius 2 is 2.35 bits per heavy atom. The maximum atomic E-state index is 13.3. The molecule has 0 saturated carbocycles. The summed E-state index contributed by atoms with van der Waals surface area (Å²) in [7, 11) is 1.75. The number of alkyl halides is 1. The van der Waals surface area contributed by atoms with E-state index in [0.717, 1.165) is 5.69 Å². The zero-order valence-corrected chi connectivity index (χ0v) is 10.3. The van der Waals surface area contributed by atoms with E-state index in [4.69, 9.17) is 11.6 Å². The topological polar surface area (TPSA) is 32.3 Å². The number of halogens is 2. The number of nitrogens with zero attached hydrogens (tertiary/aromatic N) is 1. The molecule has 1 aromatic rings. The number of rotatable bonds is 3. The van der Waals surface area contributed by atoms with E-state index in [-0.39, 0.29) is 17.6 Å². The van der Waals surface area contributed by atoms with Crippen LogP contribution < -0.4 is 10.2 Å².